The molecule has 1 fully saturated rings. The lowest BCUT2D eigenvalue weighted by molar-refractivity contribution is 0.309. The van der Waals surface area contributed by atoms with Crippen molar-refractivity contribution in [3.63, 3.8) is 0 Å². The predicted octanol–water partition coefficient (Wildman–Crippen LogP) is 1.88. The van der Waals surface area contributed by atoms with E-state index in [2.05, 4.69) is 17.0 Å². The van der Waals surface area contributed by atoms with Gasteiger partial charge in [0.25, 0.3) is 5.56 Å². The molecule has 5 heteroatoms. The molecule has 1 aliphatic rings. The minimum atomic E-state index is 0.0723. The SMILES string of the molecule is CCCc1cc(=O)n(C2CCC2)c2nc(C)nn12. The van der Waals surface area contributed by atoms with Gasteiger partial charge in [-0.1, -0.05) is 13.3 Å². The van der Waals surface area contributed by atoms with Gasteiger partial charge in [-0.15, -0.1) is 0 Å². The van der Waals surface area contributed by atoms with Gasteiger partial charge in [-0.2, -0.15) is 10.1 Å². The zero-order chi connectivity index (χ0) is 12.7. The maximum atomic E-state index is 12.3. The molecule has 5 nitrogen and oxygen atoms in total. The summed E-state index contributed by atoms with van der Waals surface area (Å²) < 4.78 is 3.67. The second-order valence-corrected chi connectivity index (χ2v) is 5.05. The van der Waals surface area contributed by atoms with E-state index in [9.17, 15) is 4.79 Å². The van der Waals surface area contributed by atoms with Crippen LogP contribution in [0.5, 0.6) is 0 Å². The average molecular weight is 246 g/mol. The van der Waals surface area contributed by atoms with Crippen molar-refractivity contribution in [1.29, 1.82) is 0 Å². The highest BCUT2D eigenvalue weighted by Gasteiger charge is 2.24. The van der Waals surface area contributed by atoms with Crippen LogP contribution in [0, 0.1) is 6.92 Å². The number of rotatable bonds is 3. The Morgan fingerprint density at radius 3 is 2.83 bits per heavy atom. The molecule has 2 heterocycles. The van der Waals surface area contributed by atoms with Crippen molar-refractivity contribution in [2.75, 3.05) is 0 Å². The third-order valence-electron chi connectivity index (χ3n) is 3.66. The number of aromatic nitrogens is 4. The number of aryl methyl sites for hydroxylation is 2. The zero-order valence-electron chi connectivity index (χ0n) is 10.9. The van der Waals surface area contributed by atoms with Gasteiger partial charge in [0, 0.05) is 12.1 Å². The number of hydrogen-bond donors (Lipinski definition) is 0. The summed E-state index contributed by atoms with van der Waals surface area (Å²) in [6.07, 6.45) is 5.22. The Hall–Kier alpha value is -1.65. The second-order valence-electron chi connectivity index (χ2n) is 5.05. The van der Waals surface area contributed by atoms with Crippen LogP contribution in [0.2, 0.25) is 0 Å². The van der Waals surface area contributed by atoms with Crippen molar-refractivity contribution in [3.05, 3.63) is 27.9 Å². The molecule has 0 aliphatic heterocycles. The van der Waals surface area contributed by atoms with E-state index in [1.54, 1.807) is 6.07 Å². The standard InChI is InChI=1S/C13H18N4O/c1-3-5-11-8-12(18)16(10-6-4-7-10)13-14-9(2)15-17(11)13/h8,10H,3-7H2,1-2H3. The molecular formula is C13H18N4O. The number of fused-ring (bicyclic) bond motifs is 1. The molecule has 18 heavy (non-hydrogen) atoms. The topological polar surface area (TPSA) is 52.2 Å². The highest BCUT2D eigenvalue weighted by Crippen LogP contribution is 2.31. The van der Waals surface area contributed by atoms with Crippen molar-refractivity contribution in [3.8, 4) is 0 Å². The van der Waals surface area contributed by atoms with Crippen LogP contribution in [0.25, 0.3) is 5.78 Å². The summed E-state index contributed by atoms with van der Waals surface area (Å²) >= 11 is 0. The van der Waals surface area contributed by atoms with Gasteiger partial charge in [0.2, 0.25) is 5.78 Å². The first kappa shape index (κ1) is 11.4. The maximum absolute atomic E-state index is 12.3. The van der Waals surface area contributed by atoms with Gasteiger partial charge in [0.05, 0.1) is 5.69 Å². The van der Waals surface area contributed by atoms with Crippen LogP contribution < -0.4 is 5.56 Å². The first-order valence-corrected chi connectivity index (χ1v) is 6.68. The Balaban J connectivity index is 2.26. The fourth-order valence-electron chi connectivity index (χ4n) is 2.55. The van der Waals surface area contributed by atoms with E-state index in [0.717, 1.165) is 37.2 Å². The van der Waals surface area contributed by atoms with Crippen LogP contribution in [0.3, 0.4) is 0 Å². The van der Waals surface area contributed by atoms with Crippen LogP contribution in [-0.2, 0) is 6.42 Å². The van der Waals surface area contributed by atoms with Crippen LogP contribution >= 0.6 is 0 Å². The summed E-state index contributed by atoms with van der Waals surface area (Å²) in [5.74, 6) is 1.44. The van der Waals surface area contributed by atoms with Crippen molar-refractivity contribution < 1.29 is 0 Å². The maximum Gasteiger partial charge on any atom is 0.255 e. The Bertz CT molecular complexity index is 636. The lowest BCUT2D eigenvalue weighted by atomic mass is 9.93. The molecule has 0 amide bonds. The molecule has 0 spiro atoms. The van der Waals surface area contributed by atoms with Crippen molar-refractivity contribution in [2.45, 2.75) is 52.0 Å². The molecule has 0 aromatic carbocycles. The molecule has 0 unspecified atom stereocenters. The van der Waals surface area contributed by atoms with Crippen molar-refractivity contribution in [2.24, 2.45) is 0 Å². The molecule has 0 N–H and O–H groups in total. The van der Waals surface area contributed by atoms with Gasteiger partial charge in [0.1, 0.15) is 5.82 Å². The van der Waals surface area contributed by atoms with Crippen molar-refractivity contribution >= 4 is 5.78 Å². The van der Waals surface area contributed by atoms with Crippen LogP contribution in [-0.4, -0.2) is 19.2 Å². The zero-order valence-corrected chi connectivity index (χ0v) is 10.9. The molecule has 1 saturated carbocycles. The molecule has 2 aromatic heterocycles. The van der Waals surface area contributed by atoms with Gasteiger partial charge in [-0.25, -0.2) is 4.52 Å². The predicted molar refractivity (Wildman–Crippen MR) is 68.9 cm³/mol. The molecule has 2 aromatic rings. The normalized spacial score (nSPS) is 16.1. The molecule has 0 saturated heterocycles. The minimum Gasteiger partial charge on any atom is -0.274 e. The number of nitrogens with zero attached hydrogens (tertiary/aromatic N) is 4. The van der Waals surface area contributed by atoms with Gasteiger partial charge in [-0.05, 0) is 32.6 Å². The molecule has 0 bridgehead atoms. The Kier molecular flexibility index (Phi) is 2.69. The third kappa shape index (κ3) is 1.65. The summed E-state index contributed by atoms with van der Waals surface area (Å²) in [4.78, 5) is 16.7. The van der Waals surface area contributed by atoms with E-state index >= 15 is 0 Å². The fourth-order valence-corrected chi connectivity index (χ4v) is 2.55. The first-order valence-electron chi connectivity index (χ1n) is 6.68. The molecular weight excluding hydrogens is 228 g/mol. The quantitative estimate of drug-likeness (QED) is 0.830. The fraction of sp³-hybridized carbons (Fsp3) is 0.615. The number of hydrogen-bond acceptors (Lipinski definition) is 3. The van der Waals surface area contributed by atoms with Gasteiger partial charge in [0.15, 0.2) is 0 Å². The summed E-state index contributed by atoms with van der Waals surface area (Å²) in [5, 5.41) is 4.42. The molecule has 96 valence electrons. The molecule has 1 aliphatic carbocycles. The lowest BCUT2D eigenvalue weighted by Gasteiger charge is -2.27. The van der Waals surface area contributed by atoms with Crippen LogP contribution in [0.1, 0.15) is 50.2 Å². The molecule has 3 rings (SSSR count). The van der Waals surface area contributed by atoms with E-state index in [0.29, 0.717) is 11.8 Å². The van der Waals surface area contributed by atoms with Gasteiger partial charge < -0.3 is 0 Å². The smallest absolute Gasteiger partial charge is 0.255 e. The summed E-state index contributed by atoms with van der Waals surface area (Å²) in [5.41, 5.74) is 1.04. The Morgan fingerprint density at radius 1 is 1.44 bits per heavy atom. The van der Waals surface area contributed by atoms with E-state index in [1.165, 1.54) is 6.42 Å². The largest absolute Gasteiger partial charge is 0.274 e. The van der Waals surface area contributed by atoms with Gasteiger partial charge >= 0.3 is 0 Å². The van der Waals surface area contributed by atoms with E-state index in [1.807, 2.05) is 16.0 Å². The van der Waals surface area contributed by atoms with E-state index in [4.69, 9.17) is 0 Å². The average Bonchev–Trinajstić information content (AvgIpc) is 2.63. The second kappa shape index (κ2) is 4.23. The van der Waals surface area contributed by atoms with Crippen LogP contribution in [0.15, 0.2) is 10.9 Å². The summed E-state index contributed by atoms with van der Waals surface area (Å²) in [6, 6.07) is 2.04. The third-order valence-corrected chi connectivity index (χ3v) is 3.66. The molecule has 0 atom stereocenters. The summed E-state index contributed by atoms with van der Waals surface area (Å²) in [7, 11) is 0. The van der Waals surface area contributed by atoms with Crippen LogP contribution in [0.4, 0.5) is 0 Å². The Morgan fingerprint density at radius 2 is 2.22 bits per heavy atom. The lowest BCUT2D eigenvalue weighted by Crippen LogP contribution is -2.31. The van der Waals surface area contributed by atoms with E-state index < -0.39 is 0 Å². The highest BCUT2D eigenvalue weighted by molar-refractivity contribution is 5.32. The van der Waals surface area contributed by atoms with E-state index in [-0.39, 0.29) is 5.56 Å². The monoisotopic (exact) mass is 246 g/mol. The highest BCUT2D eigenvalue weighted by atomic mass is 16.1. The summed E-state index contributed by atoms with van der Waals surface area (Å²) in [6.45, 7) is 3.98. The molecule has 0 radical (unpaired) electrons. The Labute approximate surface area is 105 Å². The first-order chi connectivity index (χ1) is 8.70. The van der Waals surface area contributed by atoms with Gasteiger partial charge in [-0.3, -0.25) is 9.36 Å². The minimum absolute atomic E-state index is 0.0723. The van der Waals surface area contributed by atoms with Crippen molar-refractivity contribution in [1.82, 2.24) is 19.2 Å².